The van der Waals surface area contributed by atoms with Gasteiger partial charge in [0.05, 0.1) is 5.02 Å². The molecule has 2 aromatic rings. The van der Waals surface area contributed by atoms with E-state index in [4.69, 9.17) is 11.6 Å². The summed E-state index contributed by atoms with van der Waals surface area (Å²) < 4.78 is 13.9. The largest absolute Gasteiger partial charge is 0.294 e. The molecule has 0 atom stereocenters. The van der Waals surface area contributed by atoms with E-state index in [2.05, 4.69) is 0 Å². The molecule has 0 saturated heterocycles. The molecular formula is C14H10ClFO. The van der Waals surface area contributed by atoms with Crippen LogP contribution in [0.3, 0.4) is 0 Å². The van der Waals surface area contributed by atoms with Crippen molar-refractivity contribution in [1.29, 1.82) is 0 Å². The van der Waals surface area contributed by atoms with Crippen LogP contribution in [-0.4, -0.2) is 5.78 Å². The predicted molar refractivity (Wildman–Crippen MR) is 66.9 cm³/mol. The van der Waals surface area contributed by atoms with E-state index in [0.717, 1.165) is 0 Å². The Morgan fingerprint density at radius 2 is 1.71 bits per heavy atom. The SMILES string of the molecule is CC(=O)c1ccccc1-c1cccc(Cl)c1F. The summed E-state index contributed by atoms with van der Waals surface area (Å²) in [6, 6.07) is 11.7. The van der Waals surface area contributed by atoms with Crippen molar-refractivity contribution >= 4 is 17.4 Å². The zero-order chi connectivity index (χ0) is 12.4. The van der Waals surface area contributed by atoms with E-state index in [-0.39, 0.29) is 10.8 Å². The van der Waals surface area contributed by atoms with Crippen molar-refractivity contribution in [3.05, 3.63) is 58.9 Å². The maximum Gasteiger partial charge on any atom is 0.160 e. The highest BCUT2D eigenvalue weighted by Gasteiger charge is 2.13. The van der Waals surface area contributed by atoms with Crippen LogP contribution >= 0.6 is 11.6 Å². The predicted octanol–water partition coefficient (Wildman–Crippen LogP) is 4.35. The van der Waals surface area contributed by atoms with Gasteiger partial charge in [-0.3, -0.25) is 4.79 Å². The number of rotatable bonds is 2. The van der Waals surface area contributed by atoms with Crippen LogP contribution in [0.25, 0.3) is 11.1 Å². The average molecular weight is 249 g/mol. The van der Waals surface area contributed by atoms with E-state index in [0.29, 0.717) is 16.7 Å². The van der Waals surface area contributed by atoms with Crippen LogP contribution in [0.2, 0.25) is 5.02 Å². The molecule has 0 aromatic heterocycles. The van der Waals surface area contributed by atoms with Crippen molar-refractivity contribution in [1.82, 2.24) is 0 Å². The van der Waals surface area contributed by atoms with E-state index < -0.39 is 5.82 Å². The van der Waals surface area contributed by atoms with E-state index in [1.54, 1.807) is 36.4 Å². The standard InChI is InChI=1S/C14H10ClFO/c1-9(17)10-5-2-3-6-11(10)12-7-4-8-13(15)14(12)16/h2-8H,1H3. The molecule has 0 aliphatic heterocycles. The molecule has 0 bridgehead atoms. The van der Waals surface area contributed by atoms with Crippen molar-refractivity contribution in [2.45, 2.75) is 6.92 Å². The third kappa shape index (κ3) is 2.22. The number of hydrogen-bond acceptors (Lipinski definition) is 1. The quantitative estimate of drug-likeness (QED) is 0.722. The van der Waals surface area contributed by atoms with Gasteiger partial charge in [0, 0.05) is 11.1 Å². The first-order chi connectivity index (χ1) is 8.11. The molecule has 0 heterocycles. The monoisotopic (exact) mass is 248 g/mol. The topological polar surface area (TPSA) is 17.1 Å². The molecule has 0 radical (unpaired) electrons. The van der Waals surface area contributed by atoms with E-state index >= 15 is 0 Å². The van der Waals surface area contributed by atoms with Gasteiger partial charge in [0.2, 0.25) is 0 Å². The van der Waals surface area contributed by atoms with Crippen molar-refractivity contribution < 1.29 is 9.18 Å². The maximum absolute atomic E-state index is 13.9. The number of Topliss-reactive ketones (excluding diaryl/α,β-unsaturated/α-hetero) is 1. The third-order valence-electron chi connectivity index (χ3n) is 2.55. The van der Waals surface area contributed by atoms with Crippen LogP contribution in [0.4, 0.5) is 4.39 Å². The number of hydrogen-bond donors (Lipinski definition) is 0. The molecule has 1 nitrogen and oxygen atoms in total. The van der Waals surface area contributed by atoms with E-state index in [1.165, 1.54) is 13.0 Å². The molecule has 17 heavy (non-hydrogen) atoms. The minimum atomic E-state index is -0.497. The third-order valence-corrected chi connectivity index (χ3v) is 2.84. The molecule has 0 saturated carbocycles. The van der Waals surface area contributed by atoms with Gasteiger partial charge in [-0.2, -0.15) is 0 Å². The molecule has 0 N–H and O–H groups in total. The summed E-state index contributed by atoms with van der Waals surface area (Å²) in [5.74, 6) is -0.595. The first kappa shape index (κ1) is 11.8. The van der Waals surface area contributed by atoms with Gasteiger partial charge in [-0.05, 0) is 18.6 Å². The zero-order valence-electron chi connectivity index (χ0n) is 9.21. The first-order valence-electron chi connectivity index (χ1n) is 5.15. The Hall–Kier alpha value is -1.67. The molecule has 0 spiro atoms. The number of carbonyl (C=O) groups is 1. The van der Waals surface area contributed by atoms with Gasteiger partial charge in [-0.25, -0.2) is 4.39 Å². The lowest BCUT2D eigenvalue weighted by Crippen LogP contribution is -1.97. The molecule has 2 rings (SSSR count). The van der Waals surface area contributed by atoms with Crippen molar-refractivity contribution in [3.8, 4) is 11.1 Å². The van der Waals surface area contributed by atoms with Crippen LogP contribution in [0.1, 0.15) is 17.3 Å². The fraction of sp³-hybridized carbons (Fsp3) is 0.0714. The fourth-order valence-corrected chi connectivity index (χ4v) is 1.91. The number of ketones is 1. The number of halogens is 2. The molecule has 86 valence electrons. The normalized spacial score (nSPS) is 10.3. The first-order valence-corrected chi connectivity index (χ1v) is 5.53. The van der Waals surface area contributed by atoms with Gasteiger partial charge in [-0.15, -0.1) is 0 Å². The molecule has 0 fully saturated rings. The Labute approximate surface area is 104 Å². The zero-order valence-corrected chi connectivity index (χ0v) is 9.96. The van der Waals surface area contributed by atoms with E-state index in [1.807, 2.05) is 0 Å². The van der Waals surface area contributed by atoms with Crippen LogP contribution < -0.4 is 0 Å². The number of carbonyl (C=O) groups excluding carboxylic acids is 1. The van der Waals surface area contributed by atoms with E-state index in [9.17, 15) is 9.18 Å². The molecule has 0 unspecified atom stereocenters. The minimum Gasteiger partial charge on any atom is -0.294 e. The van der Waals surface area contributed by atoms with Crippen LogP contribution in [-0.2, 0) is 0 Å². The lowest BCUT2D eigenvalue weighted by molar-refractivity contribution is 0.101. The summed E-state index contributed by atoms with van der Waals surface area (Å²) in [5, 5.41) is 0.0563. The Morgan fingerprint density at radius 1 is 1.06 bits per heavy atom. The second-order valence-electron chi connectivity index (χ2n) is 3.70. The Kier molecular flexibility index (Phi) is 3.25. The second-order valence-corrected chi connectivity index (χ2v) is 4.11. The number of benzene rings is 2. The summed E-state index contributed by atoms with van der Waals surface area (Å²) in [6.45, 7) is 1.46. The summed E-state index contributed by atoms with van der Waals surface area (Å²) in [7, 11) is 0. The summed E-state index contributed by atoms with van der Waals surface area (Å²) in [5.41, 5.74) is 1.41. The van der Waals surface area contributed by atoms with Crippen molar-refractivity contribution in [2.24, 2.45) is 0 Å². The van der Waals surface area contributed by atoms with Gasteiger partial charge >= 0.3 is 0 Å². The summed E-state index contributed by atoms with van der Waals surface area (Å²) >= 11 is 5.74. The molecule has 0 amide bonds. The Morgan fingerprint density at radius 3 is 2.41 bits per heavy atom. The second kappa shape index (κ2) is 4.68. The average Bonchev–Trinajstić information content (AvgIpc) is 2.33. The van der Waals surface area contributed by atoms with Gasteiger partial charge in [0.1, 0.15) is 5.82 Å². The highest BCUT2D eigenvalue weighted by molar-refractivity contribution is 6.31. The molecule has 0 aliphatic carbocycles. The fourth-order valence-electron chi connectivity index (χ4n) is 1.74. The van der Waals surface area contributed by atoms with Crippen molar-refractivity contribution in [2.75, 3.05) is 0 Å². The summed E-state index contributed by atoms with van der Waals surface area (Å²) in [4.78, 5) is 11.5. The van der Waals surface area contributed by atoms with Crippen LogP contribution in [0.15, 0.2) is 42.5 Å². The Bertz CT molecular complexity index is 578. The lowest BCUT2D eigenvalue weighted by atomic mass is 9.97. The van der Waals surface area contributed by atoms with Crippen molar-refractivity contribution in [3.63, 3.8) is 0 Å². The Balaban J connectivity index is 2.69. The molecule has 3 heteroatoms. The molecular weight excluding hydrogens is 239 g/mol. The molecule has 0 aliphatic rings. The van der Waals surface area contributed by atoms with Gasteiger partial charge in [0.15, 0.2) is 5.78 Å². The molecule has 2 aromatic carbocycles. The summed E-state index contributed by atoms with van der Waals surface area (Å²) in [6.07, 6.45) is 0. The van der Waals surface area contributed by atoms with Gasteiger partial charge in [0.25, 0.3) is 0 Å². The van der Waals surface area contributed by atoms with Gasteiger partial charge in [-0.1, -0.05) is 48.0 Å². The van der Waals surface area contributed by atoms with Gasteiger partial charge < -0.3 is 0 Å². The smallest absolute Gasteiger partial charge is 0.160 e. The highest BCUT2D eigenvalue weighted by Crippen LogP contribution is 2.30. The lowest BCUT2D eigenvalue weighted by Gasteiger charge is -2.08. The van der Waals surface area contributed by atoms with Crippen LogP contribution in [0.5, 0.6) is 0 Å². The maximum atomic E-state index is 13.9. The minimum absolute atomic E-state index is 0.0563. The highest BCUT2D eigenvalue weighted by atomic mass is 35.5. The van der Waals surface area contributed by atoms with Crippen LogP contribution in [0, 0.1) is 5.82 Å².